The van der Waals surface area contributed by atoms with Crippen LogP contribution in [0.3, 0.4) is 0 Å². The number of hydrogen-bond acceptors (Lipinski definition) is 3. The Balaban J connectivity index is 2.01. The summed E-state index contributed by atoms with van der Waals surface area (Å²) in [5.41, 5.74) is 0.800. The fourth-order valence-electron chi connectivity index (χ4n) is 1.97. The first kappa shape index (κ1) is 13.4. The summed E-state index contributed by atoms with van der Waals surface area (Å²) >= 11 is 0. The first-order chi connectivity index (χ1) is 9.18. The molecule has 1 aromatic carbocycles. The standard InChI is InChI=1S/C15H17NO3/c1-11(14-8-5-9-19-14)16-10-13(15(17)18)12-6-3-2-4-7-12/h2-9,11,13,16H,10H2,1H3,(H,17,18)/t11-,13?/m0/s1. The molecule has 0 fully saturated rings. The molecule has 0 bridgehead atoms. The lowest BCUT2D eigenvalue weighted by molar-refractivity contribution is -0.138. The third-order valence-electron chi connectivity index (χ3n) is 3.10. The van der Waals surface area contributed by atoms with Crippen molar-refractivity contribution in [1.82, 2.24) is 5.32 Å². The van der Waals surface area contributed by atoms with Gasteiger partial charge in [0.05, 0.1) is 18.2 Å². The van der Waals surface area contributed by atoms with Crippen molar-refractivity contribution in [1.29, 1.82) is 0 Å². The van der Waals surface area contributed by atoms with Crippen molar-refractivity contribution in [2.45, 2.75) is 18.9 Å². The maximum Gasteiger partial charge on any atom is 0.312 e. The molecule has 0 radical (unpaired) electrons. The molecule has 1 unspecified atom stereocenters. The lowest BCUT2D eigenvalue weighted by atomic mass is 9.99. The summed E-state index contributed by atoms with van der Waals surface area (Å²) < 4.78 is 5.28. The van der Waals surface area contributed by atoms with Gasteiger partial charge < -0.3 is 14.8 Å². The Kier molecular flexibility index (Phi) is 4.36. The van der Waals surface area contributed by atoms with E-state index in [2.05, 4.69) is 5.32 Å². The molecular weight excluding hydrogens is 242 g/mol. The molecule has 0 amide bonds. The highest BCUT2D eigenvalue weighted by Crippen LogP contribution is 2.18. The molecule has 0 aliphatic rings. The van der Waals surface area contributed by atoms with Crippen molar-refractivity contribution in [2.75, 3.05) is 6.54 Å². The third-order valence-corrected chi connectivity index (χ3v) is 3.10. The van der Waals surface area contributed by atoms with Crippen molar-refractivity contribution in [3.8, 4) is 0 Å². The van der Waals surface area contributed by atoms with Gasteiger partial charge in [-0.05, 0) is 24.6 Å². The van der Waals surface area contributed by atoms with E-state index in [9.17, 15) is 9.90 Å². The summed E-state index contributed by atoms with van der Waals surface area (Å²) in [6.07, 6.45) is 1.61. The molecule has 2 N–H and O–H groups in total. The Hall–Kier alpha value is -2.07. The van der Waals surface area contributed by atoms with Gasteiger partial charge in [-0.2, -0.15) is 0 Å². The van der Waals surface area contributed by atoms with E-state index in [1.54, 1.807) is 6.26 Å². The monoisotopic (exact) mass is 259 g/mol. The van der Waals surface area contributed by atoms with Gasteiger partial charge in [-0.1, -0.05) is 30.3 Å². The Morgan fingerprint density at radius 3 is 2.58 bits per heavy atom. The zero-order chi connectivity index (χ0) is 13.7. The molecule has 19 heavy (non-hydrogen) atoms. The molecule has 4 nitrogen and oxygen atoms in total. The molecule has 0 aliphatic heterocycles. The number of benzene rings is 1. The maximum atomic E-state index is 11.3. The highest BCUT2D eigenvalue weighted by Gasteiger charge is 2.20. The smallest absolute Gasteiger partial charge is 0.312 e. The molecule has 0 saturated carbocycles. The summed E-state index contributed by atoms with van der Waals surface area (Å²) in [6, 6.07) is 12.9. The second-order valence-corrected chi connectivity index (χ2v) is 4.45. The molecule has 4 heteroatoms. The van der Waals surface area contributed by atoms with Crippen LogP contribution in [0.5, 0.6) is 0 Å². The van der Waals surface area contributed by atoms with Crippen molar-refractivity contribution in [3.63, 3.8) is 0 Å². The first-order valence-corrected chi connectivity index (χ1v) is 6.23. The highest BCUT2D eigenvalue weighted by molar-refractivity contribution is 5.76. The van der Waals surface area contributed by atoms with Gasteiger partial charge in [0.2, 0.25) is 0 Å². The number of carbonyl (C=O) groups is 1. The number of rotatable bonds is 6. The summed E-state index contributed by atoms with van der Waals surface area (Å²) in [5.74, 6) is -0.582. The Labute approximate surface area is 112 Å². The van der Waals surface area contributed by atoms with Crippen LogP contribution in [0.25, 0.3) is 0 Å². The zero-order valence-corrected chi connectivity index (χ0v) is 10.7. The highest BCUT2D eigenvalue weighted by atomic mass is 16.4. The van der Waals surface area contributed by atoms with Crippen molar-refractivity contribution in [2.24, 2.45) is 0 Å². The normalized spacial score (nSPS) is 13.9. The predicted octanol–water partition coefficient (Wildman–Crippen LogP) is 2.80. The van der Waals surface area contributed by atoms with E-state index in [0.29, 0.717) is 6.54 Å². The fourth-order valence-corrected chi connectivity index (χ4v) is 1.97. The van der Waals surface area contributed by atoms with Gasteiger partial charge in [-0.25, -0.2) is 0 Å². The Bertz CT molecular complexity index is 507. The van der Waals surface area contributed by atoms with Crippen LogP contribution in [-0.4, -0.2) is 17.6 Å². The van der Waals surface area contributed by atoms with Gasteiger partial charge in [0.1, 0.15) is 5.76 Å². The summed E-state index contributed by atoms with van der Waals surface area (Å²) in [7, 11) is 0. The molecular formula is C15H17NO3. The van der Waals surface area contributed by atoms with Crippen LogP contribution in [0.15, 0.2) is 53.1 Å². The molecule has 0 aliphatic carbocycles. The van der Waals surface area contributed by atoms with Crippen molar-refractivity contribution < 1.29 is 14.3 Å². The van der Waals surface area contributed by atoms with Crippen molar-refractivity contribution in [3.05, 3.63) is 60.1 Å². The fraction of sp³-hybridized carbons (Fsp3) is 0.267. The van der Waals surface area contributed by atoms with E-state index < -0.39 is 11.9 Å². The predicted molar refractivity (Wildman–Crippen MR) is 71.9 cm³/mol. The van der Waals surface area contributed by atoms with E-state index >= 15 is 0 Å². The number of nitrogens with one attached hydrogen (secondary N) is 1. The van der Waals surface area contributed by atoms with E-state index in [4.69, 9.17) is 4.42 Å². The Morgan fingerprint density at radius 1 is 1.26 bits per heavy atom. The molecule has 0 saturated heterocycles. The average molecular weight is 259 g/mol. The minimum Gasteiger partial charge on any atom is -0.481 e. The molecule has 1 heterocycles. The largest absolute Gasteiger partial charge is 0.481 e. The number of hydrogen-bond donors (Lipinski definition) is 2. The molecule has 100 valence electrons. The number of carboxylic acid groups (broad SMARTS) is 1. The molecule has 2 rings (SSSR count). The SMILES string of the molecule is C[C@H](NCC(C(=O)O)c1ccccc1)c1ccco1. The maximum absolute atomic E-state index is 11.3. The lowest BCUT2D eigenvalue weighted by Gasteiger charge is -2.17. The van der Waals surface area contributed by atoms with Gasteiger partial charge in [0, 0.05) is 6.54 Å². The molecule has 0 spiro atoms. The molecule has 2 aromatic rings. The minimum atomic E-state index is -0.828. The van der Waals surface area contributed by atoms with E-state index in [1.807, 2.05) is 49.4 Å². The van der Waals surface area contributed by atoms with Crippen LogP contribution in [0.2, 0.25) is 0 Å². The topological polar surface area (TPSA) is 62.5 Å². The van der Waals surface area contributed by atoms with Gasteiger partial charge in [0.25, 0.3) is 0 Å². The van der Waals surface area contributed by atoms with Crippen LogP contribution in [0.1, 0.15) is 30.2 Å². The van der Waals surface area contributed by atoms with E-state index in [1.165, 1.54) is 0 Å². The Morgan fingerprint density at radius 2 is 2.00 bits per heavy atom. The van der Waals surface area contributed by atoms with Gasteiger partial charge in [-0.3, -0.25) is 4.79 Å². The van der Waals surface area contributed by atoms with E-state index in [0.717, 1.165) is 11.3 Å². The van der Waals surface area contributed by atoms with Crippen LogP contribution < -0.4 is 5.32 Å². The summed E-state index contributed by atoms with van der Waals surface area (Å²) in [5, 5.41) is 12.5. The number of furan rings is 1. The van der Waals surface area contributed by atoms with Crippen LogP contribution in [0.4, 0.5) is 0 Å². The second kappa shape index (κ2) is 6.20. The quantitative estimate of drug-likeness (QED) is 0.837. The van der Waals surface area contributed by atoms with Crippen LogP contribution >= 0.6 is 0 Å². The zero-order valence-electron chi connectivity index (χ0n) is 10.7. The van der Waals surface area contributed by atoms with Gasteiger partial charge in [-0.15, -0.1) is 0 Å². The average Bonchev–Trinajstić information content (AvgIpc) is 2.93. The van der Waals surface area contributed by atoms with Crippen LogP contribution in [0, 0.1) is 0 Å². The third kappa shape index (κ3) is 3.45. The minimum absolute atomic E-state index is 0.0134. The number of carboxylic acids is 1. The van der Waals surface area contributed by atoms with Gasteiger partial charge >= 0.3 is 5.97 Å². The second-order valence-electron chi connectivity index (χ2n) is 4.45. The summed E-state index contributed by atoms with van der Waals surface area (Å²) in [6.45, 7) is 2.31. The van der Waals surface area contributed by atoms with Gasteiger partial charge in [0.15, 0.2) is 0 Å². The summed E-state index contributed by atoms with van der Waals surface area (Å²) in [4.78, 5) is 11.3. The lowest BCUT2D eigenvalue weighted by Crippen LogP contribution is -2.28. The first-order valence-electron chi connectivity index (χ1n) is 6.23. The van der Waals surface area contributed by atoms with E-state index in [-0.39, 0.29) is 6.04 Å². The molecule has 1 aromatic heterocycles. The molecule has 2 atom stereocenters. The number of aliphatic carboxylic acids is 1. The van der Waals surface area contributed by atoms with Crippen LogP contribution in [-0.2, 0) is 4.79 Å². The van der Waals surface area contributed by atoms with Crippen molar-refractivity contribution >= 4 is 5.97 Å².